The van der Waals surface area contributed by atoms with E-state index in [1.165, 1.54) is 44.2 Å². The molecule has 0 aliphatic heterocycles. The predicted molar refractivity (Wildman–Crippen MR) is 175 cm³/mol. The first-order valence-corrected chi connectivity index (χ1v) is 14.0. The van der Waals surface area contributed by atoms with Crippen molar-refractivity contribution in [2.45, 2.75) is 0 Å². The average molecular weight is 524 g/mol. The highest BCUT2D eigenvalue weighted by Crippen LogP contribution is 2.45. The van der Waals surface area contributed by atoms with Crippen LogP contribution in [-0.2, 0) is 0 Å². The van der Waals surface area contributed by atoms with E-state index in [1.54, 1.807) is 0 Å². The predicted octanol–water partition coefficient (Wildman–Crippen LogP) is 11.3. The van der Waals surface area contributed by atoms with Gasteiger partial charge in [0, 0.05) is 16.6 Å². The van der Waals surface area contributed by atoms with Gasteiger partial charge in [0.2, 0.25) is 0 Å². The summed E-state index contributed by atoms with van der Waals surface area (Å²) in [5, 5.41) is 2.44. The molecule has 0 amide bonds. The monoisotopic (exact) mass is 523 g/mol. The molecule has 1 nitrogen and oxygen atoms in total. The number of hydrogen-bond donors (Lipinski definition) is 0. The van der Waals surface area contributed by atoms with Gasteiger partial charge in [0.25, 0.3) is 0 Å². The number of nitrogens with zero attached hydrogens (tertiary/aromatic N) is 1. The van der Waals surface area contributed by atoms with E-state index in [1.807, 2.05) is 0 Å². The van der Waals surface area contributed by atoms with Crippen molar-refractivity contribution < 1.29 is 0 Å². The summed E-state index contributed by atoms with van der Waals surface area (Å²) in [6, 6.07) is 62.8. The molecule has 0 saturated carbocycles. The number of anilines is 3. The first-order valence-electron chi connectivity index (χ1n) is 14.0. The van der Waals surface area contributed by atoms with Crippen molar-refractivity contribution in [3.63, 3.8) is 0 Å². The van der Waals surface area contributed by atoms with Crippen LogP contribution in [0.3, 0.4) is 0 Å². The van der Waals surface area contributed by atoms with E-state index in [-0.39, 0.29) is 0 Å². The van der Waals surface area contributed by atoms with Crippen molar-refractivity contribution in [3.05, 3.63) is 176 Å². The smallest absolute Gasteiger partial charge is 0.0546 e. The zero-order valence-corrected chi connectivity index (χ0v) is 22.7. The van der Waals surface area contributed by atoms with E-state index >= 15 is 0 Å². The Balaban J connectivity index is 1.45. The van der Waals surface area contributed by atoms with Gasteiger partial charge in [0.05, 0.1) is 11.4 Å². The minimum absolute atomic E-state index is 1.12. The lowest BCUT2D eigenvalue weighted by molar-refractivity contribution is 1.30. The second kappa shape index (κ2) is 11.0. The summed E-state index contributed by atoms with van der Waals surface area (Å²) in [7, 11) is 0. The number of rotatable bonds is 6. The van der Waals surface area contributed by atoms with Crippen molar-refractivity contribution in [1.29, 1.82) is 0 Å². The van der Waals surface area contributed by atoms with Gasteiger partial charge in [-0.15, -0.1) is 0 Å². The molecular formula is C40H29N. The molecule has 0 spiro atoms. The van der Waals surface area contributed by atoms with Crippen LogP contribution in [0.4, 0.5) is 17.1 Å². The first kappa shape index (κ1) is 24.6. The van der Waals surface area contributed by atoms with Gasteiger partial charge >= 0.3 is 0 Å². The van der Waals surface area contributed by atoms with Crippen molar-refractivity contribution in [2.75, 3.05) is 4.90 Å². The van der Waals surface area contributed by atoms with E-state index < -0.39 is 0 Å². The van der Waals surface area contributed by atoms with E-state index in [2.05, 4.69) is 181 Å². The van der Waals surface area contributed by atoms with Crippen LogP contribution in [0.5, 0.6) is 0 Å². The van der Waals surface area contributed by atoms with E-state index in [9.17, 15) is 0 Å². The normalized spacial score (nSPS) is 10.9. The standard InChI is InChI=1S/C40H29N/c1-4-14-30(15-5-1)31-26-28-33(29-27-31)37-23-12-18-34-19-13-25-39(40(34)37)41(35-20-8-3-9-21-35)38-24-11-10-22-36(38)32-16-6-2-7-17-32/h1-29H. The highest BCUT2D eigenvalue weighted by atomic mass is 15.1. The molecule has 0 aliphatic carbocycles. The Morgan fingerprint density at radius 3 is 1.46 bits per heavy atom. The lowest BCUT2D eigenvalue weighted by Gasteiger charge is -2.29. The number of benzene rings is 7. The molecule has 0 atom stereocenters. The van der Waals surface area contributed by atoms with Gasteiger partial charge in [0.15, 0.2) is 0 Å². The fourth-order valence-electron chi connectivity index (χ4n) is 5.74. The molecule has 0 aromatic heterocycles. The van der Waals surface area contributed by atoms with Gasteiger partial charge in [-0.05, 0) is 57.5 Å². The molecule has 194 valence electrons. The molecule has 7 aromatic rings. The van der Waals surface area contributed by atoms with Gasteiger partial charge in [-0.3, -0.25) is 0 Å². The zero-order chi connectivity index (χ0) is 27.4. The lowest BCUT2D eigenvalue weighted by atomic mass is 9.94. The molecule has 0 unspecified atom stereocenters. The van der Waals surface area contributed by atoms with Crippen LogP contribution >= 0.6 is 0 Å². The quantitative estimate of drug-likeness (QED) is 0.209. The Kier molecular flexibility index (Phi) is 6.61. The Hall–Kier alpha value is -5.40. The van der Waals surface area contributed by atoms with Crippen LogP contribution in [0, 0.1) is 0 Å². The SMILES string of the molecule is c1ccc(-c2ccc(-c3cccc4cccc(N(c5ccccc5)c5ccccc5-c5ccccc5)c34)cc2)cc1. The third-order valence-corrected chi connectivity index (χ3v) is 7.67. The van der Waals surface area contributed by atoms with Gasteiger partial charge < -0.3 is 4.90 Å². The van der Waals surface area contributed by atoms with Crippen LogP contribution in [-0.4, -0.2) is 0 Å². The summed E-state index contributed by atoms with van der Waals surface area (Å²) in [5.74, 6) is 0. The molecule has 0 fully saturated rings. The number of hydrogen-bond acceptors (Lipinski definition) is 1. The summed E-state index contributed by atoms with van der Waals surface area (Å²) in [5.41, 5.74) is 10.7. The summed E-state index contributed by atoms with van der Waals surface area (Å²) < 4.78 is 0. The van der Waals surface area contributed by atoms with Crippen LogP contribution in [0.25, 0.3) is 44.2 Å². The third kappa shape index (κ3) is 4.79. The Labute approximate surface area is 241 Å². The third-order valence-electron chi connectivity index (χ3n) is 7.67. The molecule has 41 heavy (non-hydrogen) atoms. The van der Waals surface area contributed by atoms with Crippen molar-refractivity contribution in [3.8, 4) is 33.4 Å². The first-order chi connectivity index (χ1) is 20.4. The molecule has 0 aliphatic rings. The Morgan fingerprint density at radius 2 is 0.756 bits per heavy atom. The average Bonchev–Trinajstić information content (AvgIpc) is 3.06. The second-order valence-electron chi connectivity index (χ2n) is 10.2. The Bertz CT molecular complexity index is 1900. The minimum Gasteiger partial charge on any atom is -0.309 e. The second-order valence-corrected chi connectivity index (χ2v) is 10.2. The lowest BCUT2D eigenvalue weighted by Crippen LogP contribution is -2.12. The molecule has 0 N–H and O–H groups in total. The Morgan fingerprint density at radius 1 is 0.293 bits per heavy atom. The fraction of sp³-hybridized carbons (Fsp3) is 0. The largest absolute Gasteiger partial charge is 0.309 e. The fourth-order valence-corrected chi connectivity index (χ4v) is 5.74. The topological polar surface area (TPSA) is 3.24 Å². The van der Waals surface area contributed by atoms with Crippen molar-refractivity contribution in [2.24, 2.45) is 0 Å². The maximum atomic E-state index is 2.41. The molecule has 0 radical (unpaired) electrons. The maximum Gasteiger partial charge on any atom is 0.0546 e. The minimum atomic E-state index is 1.12. The molecular weight excluding hydrogens is 494 g/mol. The number of fused-ring (bicyclic) bond motifs is 1. The van der Waals surface area contributed by atoms with Gasteiger partial charge in [-0.25, -0.2) is 0 Å². The van der Waals surface area contributed by atoms with Crippen LogP contribution in [0.2, 0.25) is 0 Å². The molecule has 0 saturated heterocycles. The van der Waals surface area contributed by atoms with E-state index in [0.29, 0.717) is 0 Å². The van der Waals surface area contributed by atoms with Gasteiger partial charge in [0.1, 0.15) is 0 Å². The summed E-state index contributed by atoms with van der Waals surface area (Å²) in [6.07, 6.45) is 0. The summed E-state index contributed by atoms with van der Waals surface area (Å²) in [6.45, 7) is 0. The maximum absolute atomic E-state index is 2.41. The van der Waals surface area contributed by atoms with Crippen LogP contribution in [0.1, 0.15) is 0 Å². The highest BCUT2D eigenvalue weighted by Gasteiger charge is 2.20. The van der Waals surface area contributed by atoms with Crippen molar-refractivity contribution in [1.82, 2.24) is 0 Å². The number of para-hydroxylation sites is 2. The van der Waals surface area contributed by atoms with Gasteiger partial charge in [-0.2, -0.15) is 0 Å². The molecule has 0 heterocycles. The molecule has 7 aromatic carbocycles. The molecule has 0 bridgehead atoms. The summed E-state index contributed by atoms with van der Waals surface area (Å²) >= 11 is 0. The summed E-state index contributed by atoms with van der Waals surface area (Å²) in [4.78, 5) is 2.41. The van der Waals surface area contributed by atoms with Crippen LogP contribution < -0.4 is 4.90 Å². The van der Waals surface area contributed by atoms with Crippen LogP contribution in [0.15, 0.2) is 176 Å². The zero-order valence-electron chi connectivity index (χ0n) is 22.7. The van der Waals surface area contributed by atoms with E-state index in [4.69, 9.17) is 0 Å². The van der Waals surface area contributed by atoms with Gasteiger partial charge in [-0.1, -0.05) is 152 Å². The molecule has 7 rings (SSSR count). The highest BCUT2D eigenvalue weighted by molar-refractivity contribution is 6.08. The molecule has 1 heteroatoms. The van der Waals surface area contributed by atoms with Crippen molar-refractivity contribution >= 4 is 27.8 Å². The van der Waals surface area contributed by atoms with E-state index in [0.717, 1.165) is 17.1 Å².